The molecule has 0 atom stereocenters. The summed E-state index contributed by atoms with van der Waals surface area (Å²) in [5.74, 6) is -0.124. The average Bonchev–Trinajstić information content (AvgIpc) is 2.94. The lowest BCUT2D eigenvalue weighted by Gasteiger charge is -2.11. The lowest BCUT2D eigenvalue weighted by Crippen LogP contribution is -2.19. The van der Waals surface area contributed by atoms with Crippen molar-refractivity contribution in [1.82, 2.24) is 9.99 Å². The fraction of sp³-hybridized carbons (Fsp3) is 0.250. The van der Waals surface area contributed by atoms with Crippen LogP contribution in [0, 0.1) is 34.6 Å². The van der Waals surface area contributed by atoms with Gasteiger partial charge in [-0.05, 0) is 75.1 Å². The Morgan fingerprint density at radius 2 is 1.72 bits per heavy atom. The van der Waals surface area contributed by atoms with Gasteiger partial charge in [-0.25, -0.2) is 5.43 Å². The third-order valence-electron chi connectivity index (χ3n) is 5.21. The molecular formula is C24H26BrN3O. The van der Waals surface area contributed by atoms with Gasteiger partial charge in [0.05, 0.1) is 12.6 Å². The van der Waals surface area contributed by atoms with Gasteiger partial charge in [-0.15, -0.1) is 0 Å². The summed E-state index contributed by atoms with van der Waals surface area (Å²) >= 11 is 3.61. The van der Waals surface area contributed by atoms with Gasteiger partial charge in [0.25, 0.3) is 0 Å². The third-order valence-corrected chi connectivity index (χ3v) is 6.07. The van der Waals surface area contributed by atoms with Crippen LogP contribution < -0.4 is 5.43 Å². The first-order valence-electron chi connectivity index (χ1n) is 9.59. The maximum atomic E-state index is 12.2. The molecule has 1 aromatic heterocycles. The zero-order chi connectivity index (χ0) is 21.1. The van der Waals surface area contributed by atoms with Gasteiger partial charge in [-0.1, -0.05) is 40.2 Å². The molecule has 2 aromatic carbocycles. The summed E-state index contributed by atoms with van der Waals surface area (Å²) in [6.07, 6.45) is 2.02. The summed E-state index contributed by atoms with van der Waals surface area (Å²) in [6, 6.07) is 14.5. The van der Waals surface area contributed by atoms with Crippen molar-refractivity contribution >= 4 is 28.1 Å². The number of hydrazone groups is 1. The minimum Gasteiger partial charge on any atom is -0.318 e. The predicted octanol–water partition coefficient (Wildman–Crippen LogP) is 5.47. The molecule has 1 amide bonds. The van der Waals surface area contributed by atoms with Crippen molar-refractivity contribution < 1.29 is 4.79 Å². The summed E-state index contributed by atoms with van der Waals surface area (Å²) in [7, 11) is 0. The number of aryl methyl sites for hydroxylation is 4. The first kappa shape index (κ1) is 21.1. The van der Waals surface area contributed by atoms with Crippen LogP contribution in [0.3, 0.4) is 0 Å². The molecule has 0 fully saturated rings. The number of nitrogens with zero attached hydrogens (tertiary/aromatic N) is 2. The molecule has 1 heterocycles. The fourth-order valence-electron chi connectivity index (χ4n) is 3.35. The molecule has 5 heteroatoms. The monoisotopic (exact) mass is 451 g/mol. The Bertz CT molecular complexity index is 1100. The SMILES string of the molecule is Cc1ccc(CC(=O)N/N=C\c2cc(C)n(-c3ccc(C)c(Br)c3)c2C)cc1C. The smallest absolute Gasteiger partial charge is 0.244 e. The van der Waals surface area contributed by atoms with E-state index in [-0.39, 0.29) is 5.91 Å². The lowest BCUT2D eigenvalue weighted by molar-refractivity contribution is -0.120. The summed E-state index contributed by atoms with van der Waals surface area (Å²) < 4.78 is 3.26. The molecule has 29 heavy (non-hydrogen) atoms. The van der Waals surface area contributed by atoms with Gasteiger partial charge in [-0.3, -0.25) is 4.79 Å². The number of rotatable bonds is 5. The van der Waals surface area contributed by atoms with E-state index in [0.717, 1.165) is 32.7 Å². The van der Waals surface area contributed by atoms with Crippen molar-refractivity contribution in [2.75, 3.05) is 0 Å². The molecule has 0 unspecified atom stereocenters. The first-order valence-corrected chi connectivity index (χ1v) is 10.4. The first-order chi connectivity index (χ1) is 13.8. The molecule has 150 valence electrons. The van der Waals surface area contributed by atoms with Gasteiger partial charge in [0.1, 0.15) is 0 Å². The number of amides is 1. The Balaban J connectivity index is 1.71. The molecule has 4 nitrogen and oxygen atoms in total. The number of hydrogen-bond donors (Lipinski definition) is 1. The number of carbonyl (C=O) groups is 1. The highest BCUT2D eigenvalue weighted by atomic mass is 79.9. The van der Waals surface area contributed by atoms with Gasteiger partial charge in [0.15, 0.2) is 0 Å². The molecule has 3 aromatic rings. The zero-order valence-electron chi connectivity index (χ0n) is 17.5. The average molecular weight is 452 g/mol. The van der Waals surface area contributed by atoms with E-state index in [4.69, 9.17) is 0 Å². The molecule has 0 aliphatic heterocycles. The molecule has 0 radical (unpaired) electrons. The van der Waals surface area contributed by atoms with Crippen LogP contribution in [0.1, 0.15) is 39.2 Å². The standard InChI is InChI=1S/C24H26BrN3O/c1-15-6-8-20(10-17(15)3)12-24(29)27-26-14-21-11-18(4)28(19(21)5)22-9-7-16(2)23(25)13-22/h6-11,13-14H,12H2,1-5H3,(H,27,29)/b26-14-. The molecular weight excluding hydrogens is 426 g/mol. The Labute approximate surface area is 180 Å². The quantitative estimate of drug-likeness (QED) is 0.405. The summed E-state index contributed by atoms with van der Waals surface area (Å²) in [5, 5.41) is 4.17. The molecule has 3 rings (SSSR count). The van der Waals surface area contributed by atoms with E-state index in [0.29, 0.717) is 6.42 Å². The molecule has 0 saturated carbocycles. The van der Waals surface area contributed by atoms with Crippen molar-refractivity contribution in [2.45, 2.75) is 41.0 Å². The number of aromatic nitrogens is 1. The molecule has 0 bridgehead atoms. The van der Waals surface area contributed by atoms with Crippen molar-refractivity contribution in [3.05, 3.63) is 86.1 Å². The number of hydrogen-bond acceptors (Lipinski definition) is 2. The second kappa shape index (κ2) is 8.78. The van der Waals surface area contributed by atoms with E-state index in [1.54, 1.807) is 6.21 Å². The normalized spacial score (nSPS) is 11.2. The van der Waals surface area contributed by atoms with Crippen LogP contribution in [0.15, 0.2) is 52.0 Å². The van der Waals surface area contributed by atoms with Crippen molar-refractivity contribution in [3.63, 3.8) is 0 Å². The zero-order valence-corrected chi connectivity index (χ0v) is 19.1. The topological polar surface area (TPSA) is 46.4 Å². The lowest BCUT2D eigenvalue weighted by atomic mass is 10.0. The highest BCUT2D eigenvalue weighted by molar-refractivity contribution is 9.10. The number of halogens is 1. The second-order valence-electron chi connectivity index (χ2n) is 7.48. The van der Waals surface area contributed by atoms with Crippen molar-refractivity contribution in [3.8, 4) is 5.69 Å². The molecule has 0 aliphatic rings. The minimum atomic E-state index is -0.124. The second-order valence-corrected chi connectivity index (χ2v) is 8.34. The van der Waals surface area contributed by atoms with Crippen LogP contribution in [0.2, 0.25) is 0 Å². The summed E-state index contributed by atoms with van der Waals surface area (Å²) in [6.45, 7) is 10.3. The Morgan fingerprint density at radius 3 is 2.41 bits per heavy atom. The van der Waals surface area contributed by atoms with Crippen LogP contribution in [0.25, 0.3) is 5.69 Å². The number of carbonyl (C=O) groups excluding carboxylic acids is 1. The van der Waals surface area contributed by atoms with Crippen LogP contribution >= 0.6 is 15.9 Å². The largest absolute Gasteiger partial charge is 0.318 e. The van der Waals surface area contributed by atoms with Gasteiger partial charge in [-0.2, -0.15) is 5.10 Å². The third kappa shape index (κ3) is 4.85. The van der Waals surface area contributed by atoms with Gasteiger partial charge < -0.3 is 4.57 Å². The van der Waals surface area contributed by atoms with E-state index in [2.05, 4.69) is 89.9 Å². The Morgan fingerprint density at radius 1 is 1.00 bits per heavy atom. The minimum absolute atomic E-state index is 0.124. The Hall–Kier alpha value is -2.66. The van der Waals surface area contributed by atoms with Gasteiger partial charge in [0.2, 0.25) is 5.91 Å². The highest BCUT2D eigenvalue weighted by Crippen LogP contribution is 2.24. The van der Waals surface area contributed by atoms with Crippen LogP contribution in [0.4, 0.5) is 0 Å². The fourth-order valence-corrected chi connectivity index (χ4v) is 3.72. The summed E-state index contributed by atoms with van der Waals surface area (Å²) in [5.41, 5.74) is 11.5. The highest BCUT2D eigenvalue weighted by Gasteiger charge is 2.10. The maximum absolute atomic E-state index is 12.2. The molecule has 1 N–H and O–H groups in total. The molecule has 0 saturated heterocycles. The van der Waals surface area contributed by atoms with Gasteiger partial charge >= 0.3 is 0 Å². The van der Waals surface area contributed by atoms with E-state index >= 15 is 0 Å². The number of benzene rings is 2. The van der Waals surface area contributed by atoms with Crippen LogP contribution in [-0.2, 0) is 11.2 Å². The van der Waals surface area contributed by atoms with E-state index in [9.17, 15) is 4.79 Å². The van der Waals surface area contributed by atoms with Crippen LogP contribution in [-0.4, -0.2) is 16.7 Å². The van der Waals surface area contributed by atoms with E-state index in [1.807, 2.05) is 18.2 Å². The van der Waals surface area contributed by atoms with Crippen molar-refractivity contribution in [1.29, 1.82) is 0 Å². The number of nitrogens with one attached hydrogen (secondary N) is 1. The predicted molar refractivity (Wildman–Crippen MR) is 123 cm³/mol. The maximum Gasteiger partial charge on any atom is 0.244 e. The molecule has 0 aliphatic carbocycles. The van der Waals surface area contributed by atoms with Crippen LogP contribution in [0.5, 0.6) is 0 Å². The van der Waals surface area contributed by atoms with E-state index < -0.39 is 0 Å². The Kier molecular flexibility index (Phi) is 6.38. The van der Waals surface area contributed by atoms with Gasteiger partial charge in [0, 0.05) is 27.1 Å². The molecule has 0 spiro atoms. The van der Waals surface area contributed by atoms with E-state index in [1.165, 1.54) is 16.7 Å². The van der Waals surface area contributed by atoms with Crippen molar-refractivity contribution in [2.24, 2.45) is 5.10 Å². The summed E-state index contributed by atoms with van der Waals surface area (Å²) in [4.78, 5) is 12.2.